The smallest absolute Gasteiger partial charge is 0.223 e. The first-order valence-electron chi connectivity index (χ1n) is 8.63. The van der Waals surface area contributed by atoms with Crippen LogP contribution in [-0.2, 0) is 6.42 Å². The second kappa shape index (κ2) is 6.64. The van der Waals surface area contributed by atoms with Crippen molar-refractivity contribution in [1.29, 1.82) is 0 Å². The van der Waals surface area contributed by atoms with Crippen LogP contribution in [0.25, 0.3) is 11.4 Å². The summed E-state index contributed by atoms with van der Waals surface area (Å²) in [6, 6.07) is 0.687. The lowest BCUT2D eigenvalue weighted by Gasteiger charge is -2.26. The maximum atomic E-state index is 6.32. The summed E-state index contributed by atoms with van der Waals surface area (Å²) in [5.74, 6) is 1.31. The maximum absolute atomic E-state index is 6.32. The van der Waals surface area contributed by atoms with Crippen LogP contribution in [0, 0.1) is 5.92 Å². The van der Waals surface area contributed by atoms with Gasteiger partial charge >= 0.3 is 0 Å². The number of nitrogens with two attached hydrogens (primary N) is 1. The van der Waals surface area contributed by atoms with Crippen molar-refractivity contribution in [3.63, 3.8) is 0 Å². The Morgan fingerprint density at radius 2 is 1.92 bits per heavy atom. The summed E-state index contributed by atoms with van der Waals surface area (Å²) in [6.07, 6.45) is 9.24. The van der Waals surface area contributed by atoms with Crippen LogP contribution in [0.4, 0.5) is 5.95 Å². The van der Waals surface area contributed by atoms with Crippen molar-refractivity contribution in [3.8, 4) is 11.4 Å². The molecule has 128 valence electrons. The van der Waals surface area contributed by atoms with E-state index in [1.54, 1.807) is 6.20 Å². The normalized spacial score (nSPS) is 24.1. The number of aromatic amines is 1. The van der Waals surface area contributed by atoms with E-state index in [1.807, 2.05) is 0 Å². The van der Waals surface area contributed by atoms with Gasteiger partial charge in [-0.15, -0.1) is 0 Å². The van der Waals surface area contributed by atoms with E-state index in [4.69, 9.17) is 17.3 Å². The average Bonchev–Trinajstić information content (AvgIpc) is 3.28. The topological polar surface area (TPSA) is 105 Å². The molecule has 4 N–H and O–H groups in total. The third-order valence-corrected chi connectivity index (χ3v) is 5.15. The molecule has 0 unspecified atom stereocenters. The summed E-state index contributed by atoms with van der Waals surface area (Å²) in [5.41, 5.74) is 8.29. The number of halogens is 1. The molecule has 2 aromatic rings. The molecule has 2 fully saturated rings. The summed E-state index contributed by atoms with van der Waals surface area (Å²) >= 11 is 6.32. The molecular weight excluding hydrogens is 326 g/mol. The van der Waals surface area contributed by atoms with E-state index in [1.165, 1.54) is 12.8 Å². The molecule has 0 aliphatic heterocycles. The maximum Gasteiger partial charge on any atom is 0.223 e. The van der Waals surface area contributed by atoms with Crippen LogP contribution in [0.3, 0.4) is 0 Å². The number of rotatable bonds is 5. The number of H-pyrrole nitrogens is 1. The SMILES string of the molecule is N[C@H]1CC[C@H](Nc2ncc(Cl)c(-c3n[nH]nc3CC3CC3)n2)CC1. The zero-order chi connectivity index (χ0) is 16.5. The number of nitrogens with zero attached hydrogens (tertiary/aromatic N) is 4. The third-order valence-electron chi connectivity index (χ3n) is 4.87. The molecule has 0 amide bonds. The number of nitrogens with one attached hydrogen (secondary N) is 2. The van der Waals surface area contributed by atoms with Crippen molar-refractivity contribution >= 4 is 17.5 Å². The lowest BCUT2D eigenvalue weighted by molar-refractivity contribution is 0.410. The van der Waals surface area contributed by atoms with Crippen molar-refractivity contribution in [2.24, 2.45) is 11.7 Å². The fourth-order valence-corrected chi connectivity index (χ4v) is 3.41. The number of anilines is 1. The minimum Gasteiger partial charge on any atom is -0.351 e. The number of hydrogen-bond acceptors (Lipinski definition) is 6. The minimum absolute atomic E-state index is 0.324. The molecular formula is C16H22ClN7. The van der Waals surface area contributed by atoms with Crippen molar-refractivity contribution in [3.05, 3.63) is 16.9 Å². The second-order valence-corrected chi connectivity index (χ2v) is 7.32. The molecule has 0 radical (unpaired) electrons. The van der Waals surface area contributed by atoms with Gasteiger partial charge in [0.1, 0.15) is 11.4 Å². The predicted octanol–water partition coefficient (Wildman–Crippen LogP) is 2.55. The first-order valence-corrected chi connectivity index (χ1v) is 9.01. The van der Waals surface area contributed by atoms with Gasteiger partial charge in [0.2, 0.25) is 5.95 Å². The highest BCUT2D eigenvalue weighted by molar-refractivity contribution is 6.32. The zero-order valence-corrected chi connectivity index (χ0v) is 14.3. The molecule has 2 aromatic heterocycles. The molecule has 2 saturated carbocycles. The van der Waals surface area contributed by atoms with Crippen LogP contribution in [0.15, 0.2) is 6.20 Å². The van der Waals surface area contributed by atoms with E-state index < -0.39 is 0 Å². The van der Waals surface area contributed by atoms with Crippen molar-refractivity contribution in [1.82, 2.24) is 25.4 Å². The third kappa shape index (κ3) is 3.52. The van der Waals surface area contributed by atoms with Gasteiger partial charge < -0.3 is 11.1 Å². The summed E-state index contributed by atoms with van der Waals surface area (Å²) in [4.78, 5) is 8.93. The average molecular weight is 348 g/mol. The van der Waals surface area contributed by atoms with Crippen LogP contribution >= 0.6 is 11.6 Å². The highest BCUT2D eigenvalue weighted by Gasteiger charge is 2.26. The van der Waals surface area contributed by atoms with E-state index >= 15 is 0 Å². The molecule has 7 nitrogen and oxygen atoms in total. The summed E-state index contributed by atoms with van der Waals surface area (Å²) in [5, 5.41) is 15.2. The Balaban J connectivity index is 1.54. The van der Waals surface area contributed by atoms with Gasteiger partial charge in [0.05, 0.1) is 16.9 Å². The molecule has 4 rings (SSSR count). The Morgan fingerprint density at radius 1 is 1.12 bits per heavy atom. The highest BCUT2D eigenvalue weighted by Crippen LogP contribution is 2.35. The van der Waals surface area contributed by atoms with E-state index in [-0.39, 0.29) is 0 Å². The number of aromatic nitrogens is 5. The molecule has 0 aromatic carbocycles. The van der Waals surface area contributed by atoms with Gasteiger partial charge in [-0.1, -0.05) is 11.6 Å². The molecule has 0 atom stereocenters. The Morgan fingerprint density at radius 3 is 2.67 bits per heavy atom. The predicted molar refractivity (Wildman–Crippen MR) is 92.7 cm³/mol. The lowest BCUT2D eigenvalue weighted by Crippen LogP contribution is -2.33. The highest BCUT2D eigenvalue weighted by atomic mass is 35.5. The monoisotopic (exact) mass is 347 g/mol. The standard InChI is InChI=1S/C16H22ClN7/c17-12-8-19-16(20-11-5-3-10(18)4-6-11)21-14(12)15-13(22-24-23-15)7-9-1-2-9/h8-11H,1-7,18H2,(H,19,20,21)(H,22,23,24)/t10-,11-. The molecule has 24 heavy (non-hydrogen) atoms. The van der Waals surface area contributed by atoms with Gasteiger partial charge in [-0.3, -0.25) is 0 Å². The van der Waals surface area contributed by atoms with Gasteiger partial charge in [-0.2, -0.15) is 15.4 Å². The van der Waals surface area contributed by atoms with Crippen LogP contribution in [0.2, 0.25) is 5.02 Å². The van der Waals surface area contributed by atoms with E-state index in [0.717, 1.165) is 49.4 Å². The molecule has 8 heteroatoms. The molecule has 0 bridgehead atoms. The zero-order valence-electron chi connectivity index (χ0n) is 13.5. The Hall–Kier alpha value is -1.73. The largest absolute Gasteiger partial charge is 0.351 e. The van der Waals surface area contributed by atoms with Gasteiger partial charge in [-0.25, -0.2) is 9.97 Å². The van der Waals surface area contributed by atoms with Gasteiger partial charge in [-0.05, 0) is 50.9 Å². The summed E-state index contributed by atoms with van der Waals surface area (Å²) < 4.78 is 0. The lowest BCUT2D eigenvalue weighted by atomic mass is 9.92. The Bertz CT molecular complexity index is 704. The summed E-state index contributed by atoms with van der Waals surface area (Å²) in [6.45, 7) is 0. The fraction of sp³-hybridized carbons (Fsp3) is 0.625. The second-order valence-electron chi connectivity index (χ2n) is 6.91. The first-order chi connectivity index (χ1) is 11.7. The number of hydrogen-bond donors (Lipinski definition) is 3. The van der Waals surface area contributed by atoms with Crippen molar-refractivity contribution in [2.45, 2.75) is 57.0 Å². The quantitative estimate of drug-likeness (QED) is 0.767. The van der Waals surface area contributed by atoms with Crippen molar-refractivity contribution < 1.29 is 0 Å². The first kappa shape index (κ1) is 15.8. The molecule has 2 heterocycles. The minimum atomic E-state index is 0.324. The Labute approximate surface area is 145 Å². The van der Waals surface area contributed by atoms with Crippen molar-refractivity contribution in [2.75, 3.05) is 5.32 Å². The van der Waals surface area contributed by atoms with Gasteiger partial charge in [0, 0.05) is 12.1 Å². The van der Waals surface area contributed by atoms with E-state index in [2.05, 4.69) is 30.7 Å². The van der Waals surface area contributed by atoms with E-state index in [0.29, 0.717) is 28.7 Å². The molecule has 2 aliphatic rings. The molecule has 0 saturated heterocycles. The summed E-state index contributed by atoms with van der Waals surface area (Å²) in [7, 11) is 0. The van der Waals surface area contributed by atoms with E-state index in [9.17, 15) is 0 Å². The van der Waals surface area contributed by atoms with Crippen LogP contribution in [0.5, 0.6) is 0 Å². The fourth-order valence-electron chi connectivity index (χ4n) is 3.23. The van der Waals surface area contributed by atoms with Crippen LogP contribution in [0.1, 0.15) is 44.2 Å². The van der Waals surface area contributed by atoms with Gasteiger partial charge in [0.15, 0.2) is 0 Å². The Kier molecular flexibility index (Phi) is 4.37. The molecule has 2 aliphatic carbocycles. The van der Waals surface area contributed by atoms with Crippen LogP contribution in [-0.4, -0.2) is 37.5 Å². The molecule has 0 spiro atoms. The van der Waals surface area contributed by atoms with Gasteiger partial charge in [0.25, 0.3) is 0 Å². The van der Waals surface area contributed by atoms with Crippen LogP contribution < -0.4 is 11.1 Å².